The van der Waals surface area contributed by atoms with E-state index in [9.17, 15) is 15.0 Å². The van der Waals surface area contributed by atoms with Crippen molar-refractivity contribution in [1.29, 1.82) is 0 Å². The van der Waals surface area contributed by atoms with Gasteiger partial charge in [-0.15, -0.1) is 0 Å². The molecule has 2 aromatic rings. The van der Waals surface area contributed by atoms with E-state index in [-0.39, 0.29) is 17.7 Å². The third-order valence-corrected chi connectivity index (χ3v) is 4.16. The maximum absolute atomic E-state index is 12.7. The summed E-state index contributed by atoms with van der Waals surface area (Å²) in [5, 5.41) is 25.8. The Labute approximate surface area is 142 Å². The fourth-order valence-electron chi connectivity index (χ4n) is 2.50. The van der Waals surface area contributed by atoms with Crippen LogP contribution in [-0.2, 0) is 0 Å². The predicted octanol–water partition coefficient (Wildman–Crippen LogP) is 3.11. The van der Waals surface area contributed by atoms with Gasteiger partial charge in [-0.2, -0.15) is 10.1 Å². The lowest BCUT2D eigenvalue weighted by molar-refractivity contribution is -0.0554. The third kappa shape index (κ3) is 3.00. The van der Waals surface area contributed by atoms with Crippen LogP contribution in [0.15, 0.2) is 58.1 Å². The molecule has 0 spiro atoms. The minimum absolute atomic E-state index is 0.0812. The van der Waals surface area contributed by atoms with Gasteiger partial charge in [0.2, 0.25) is 0 Å². The van der Waals surface area contributed by atoms with Crippen LogP contribution in [0, 0.1) is 0 Å². The number of benzene rings is 2. The van der Waals surface area contributed by atoms with Crippen LogP contribution < -0.4 is 0 Å². The molecule has 2 N–H and O–H groups in total. The van der Waals surface area contributed by atoms with Crippen LogP contribution in [0.25, 0.3) is 0 Å². The number of phenols is 1. The SMILES string of the molecule is C[C@@]1(O)CC(c2ccccc2)=NN1C(=O)c1cc(Br)ccc1O. The van der Waals surface area contributed by atoms with Crippen molar-refractivity contribution in [2.75, 3.05) is 0 Å². The van der Waals surface area contributed by atoms with Gasteiger partial charge < -0.3 is 10.2 Å². The first-order valence-electron chi connectivity index (χ1n) is 7.07. The Morgan fingerprint density at radius 2 is 1.96 bits per heavy atom. The van der Waals surface area contributed by atoms with E-state index in [1.807, 2.05) is 30.3 Å². The lowest BCUT2D eigenvalue weighted by Crippen LogP contribution is -2.43. The number of aromatic hydroxyl groups is 1. The Hall–Kier alpha value is -2.18. The Morgan fingerprint density at radius 3 is 2.65 bits per heavy atom. The molecule has 1 aliphatic rings. The molecule has 1 heterocycles. The van der Waals surface area contributed by atoms with E-state index in [0.717, 1.165) is 10.6 Å². The van der Waals surface area contributed by atoms with E-state index >= 15 is 0 Å². The van der Waals surface area contributed by atoms with E-state index in [2.05, 4.69) is 21.0 Å². The number of halogens is 1. The van der Waals surface area contributed by atoms with E-state index in [0.29, 0.717) is 10.2 Å². The molecule has 6 heteroatoms. The third-order valence-electron chi connectivity index (χ3n) is 3.67. The molecular weight excluding hydrogens is 360 g/mol. The molecule has 118 valence electrons. The minimum Gasteiger partial charge on any atom is -0.507 e. The molecule has 1 atom stereocenters. The van der Waals surface area contributed by atoms with Crippen molar-refractivity contribution < 1.29 is 15.0 Å². The molecule has 1 aliphatic heterocycles. The number of hydrogen-bond donors (Lipinski definition) is 2. The normalized spacial score (nSPS) is 20.5. The number of hydrazone groups is 1. The summed E-state index contributed by atoms with van der Waals surface area (Å²) in [6.45, 7) is 1.53. The van der Waals surface area contributed by atoms with E-state index in [1.54, 1.807) is 6.07 Å². The molecule has 0 bridgehead atoms. The number of carbonyl (C=O) groups is 1. The van der Waals surface area contributed by atoms with Crippen molar-refractivity contribution >= 4 is 27.5 Å². The highest BCUT2D eigenvalue weighted by molar-refractivity contribution is 9.10. The average Bonchev–Trinajstić information content (AvgIpc) is 2.85. The molecule has 0 aromatic heterocycles. The zero-order valence-corrected chi connectivity index (χ0v) is 14.0. The maximum Gasteiger partial charge on any atom is 0.280 e. The highest BCUT2D eigenvalue weighted by Crippen LogP contribution is 2.32. The smallest absolute Gasteiger partial charge is 0.280 e. The van der Waals surface area contributed by atoms with Crippen LogP contribution in [-0.4, -0.2) is 32.6 Å². The predicted molar refractivity (Wildman–Crippen MR) is 90.2 cm³/mol. The molecule has 0 fully saturated rings. The van der Waals surface area contributed by atoms with Crippen molar-refractivity contribution in [3.8, 4) is 5.75 Å². The fourth-order valence-corrected chi connectivity index (χ4v) is 2.87. The number of hydrogen-bond acceptors (Lipinski definition) is 4. The molecule has 0 saturated carbocycles. The van der Waals surface area contributed by atoms with Crippen molar-refractivity contribution in [3.63, 3.8) is 0 Å². The second-order valence-corrected chi connectivity index (χ2v) is 6.50. The number of carbonyl (C=O) groups excluding carboxylic acids is 1. The molecule has 0 saturated heterocycles. The summed E-state index contributed by atoms with van der Waals surface area (Å²) in [6.07, 6.45) is 0.220. The topological polar surface area (TPSA) is 73.1 Å². The summed E-state index contributed by atoms with van der Waals surface area (Å²) in [5.74, 6) is -0.711. The van der Waals surface area contributed by atoms with Gasteiger partial charge in [0, 0.05) is 10.9 Å². The largest absolute Gasteiger partial charge is 0.507 e. The Morgan fingerprint density at radius 1 is 1.26 bits per heavy atom. The Balaban J connectivity index is 1.99. The summed E-state index contributed by atoms with van der Waals surface area (Å²) in [4.78, 5) is 12.7. The monoisotopic (exact) mass is 374 g/mol. The maximum atomic E-state index is 12.7. The molecule has 23 heavy (non-hydrogen) atoms. The van der Waals surface area contributed by atoms with Gasteiger partial charge in [-0.05, 0) is 30.7 Å². The molecule has 5 nitrogen and oxygen atoms in total. The van der Waals surface area contributed by atoms with Gasteiger partial charge in [-0.25, -0.2) is 0 Å². The molecule has 0 aliphatic carbocycles. The van der Waals surface area contributed by atoms with Gasteiger partial charge in [-0.1, -0.05) is 46.3 Å². The molecule has 0 unspecified atom stereocenters. The van der Waals surface area contributed by atoms with Crippen molar-refractivity contribution in [2.24, 2.45) is 5.10 Å². The second kappa shape index (κ2) is 5.79. The van der Waals surface area contributed by atoms with E-state index in [1.165, 1.54) is 19.1 Å². The van der Waals surface area contributed by atoms with Crippen LogP contribution in [0.3, 0.4) is 0 Å². The fraction of sp³-hybridized carbons (Fsp3) is 0.176. The standard InChI is InChI=1S/C17H15BrN2O3/c1-17(23)10-14(11-5-3-2-4-6-11)19-20(17)16(22)13-9-12(18)7-8-15(13)21/h2-9,21,23H,10H2,1H3/t17-/m1/s1. The first-order valence-corrected chi connectivity index (χ1v) is 7.86. The Kier molecular flexibility index (Phi) is 3.95. The lowest BCUT2D eigenvalue weighted by atomic mass is 10.0. The van der Waals surface area contributed by atoms with Crippen LogP contribution in [0.2, 0.25) is 0 Å². The zero-order chi connectivity index (χ0) is 16.6. The number of amides is 1. The number of aliphatic hydroxyl groups is 1. The molecule has 1 amide bonds. The number of rotatable bonds is 2. The number of phenolic OH excluding ortho intramolecular Hbond substituents is 1. The van der Waals surface area contributed by atoms with Gasteiger partial charge in [0.15, 0.2) is 5.72 Å². The zero-order valence-electron chi connectivity index (χ0n) is 12.4. The highest BCUT2D eigenvalue weighted by Gasteiger charge is 2.41. The van der Waals surface area contributed by atoms with E-state index < -0.39 is 11.6 Å². The molecular formula is C17H15BrN2O3. The van der Waals surface area contributed by atoms with Crippen LogP contribution >= 0.6 is 15.9 Å². The first-order chi connectivity index (χ1) is 10.9. The van der Waals surface area contributed by atoms with Crippen LogP contribution in [0.4, 0.5) is 0 Å². The summed E-state index contributed by atoms with van der Waals surface area (Å²) in [5.41, 5.74) is 0.106. The van der Waals surface area contributed by atoms with Crippen molar-refractivity contribution in [1.82, 2.24) is 5.01 Å². The molecule has 0 radical (unpaired) electrons. The average molecular weight is 375 g/mol. The quantitative estimate of drug-likeness (QED) is 0.847. The van der Waals surface area contributed by atoms with E-state index in [4.69, 9.17) is 0 Å². The first kappa shape index (κ1) is 15.7. The molecule has 3 rings (SSSR count). The summed E-state index contributed by atoms with van der Waals surface area (Å²) < 4.78 is 0.657. The highest BCUT2D eigenvalue weighted by atomic mass is 79.9. The van der Waals surface area contributed by atoms with Crippen molar-refractivity contribution in [3.05, 3.63) is 64.1 Å². The van der Waals surface area contributed by atoms with Crippen LogP contribution in [0.5, 0.6) is 5.75 Å². The Bertz CT molecular complexity index is 788. The second-order valence-electron chi connectivity index (χ2n) is 5.58. The summed E-state index contributed by atoms with van der Waals surface area (Å²) >= 11 is 3.27. The van der Waals surface area contributed by atoms with Gasteiger partial charge in [0.25, 0.3) is 5.91 Å². The molecule has 2 aromatic carbocycles. The van der Waals surface area contributed by atoms with Gasteiger partial charge >= 0.3 is 0 Å². The van der Waals surface area contributed by atoms with Crippen LogP contribution in [0.1, 0.15) is 29.3 Å². The van der Waals surface area contributed by atoms with Gasteiger partial charge in [-0.3, -0.25) is 4.79 Å². The lowest BCUT2D eigenvalue weighted by Gasteiger charge is -2.27. The number of nitrogens with zero attached hydrogens (tertiary/aromatic N) is 2. The minimum atomic E-state index is -1.45. The summed E-state index contributed by atoms with van der Waals surface area (Å²) in [7, 11) is 0. The summed E-state index contributed by atoms with van der Waals surface area (Å²) in [6, 6.07) is 13.9. The van der Waals surface area contributed by atoms with Gasteiger partial charge in [0.05, 0.1) is 11.3 Å². The van der Waals surface area contributed by atoms with Gasteiger partial charge in [0.1, 0.15) is 5.75 Å². The van der Waals surface area contributed by atoms with Crippen molar-refractivity contribution in [2.45, 2.75) is 19.1 Å².